The smallest absolute Gasteiger partial charge is 0.311 e. The molecule has 0 saturated carbocycles. The fourth-order valence-electron chi connectivity index (χ4n) is 3.05. The van der Waals surface area contributed by atoms with Crippen molar-refractivity contribution in [2.24, 2.45) is 0 Å². The molecule has 6 heteroatoms. The van der Waals surface area contributed by atoms with Crippen LogP contribution >= 0.6 is 11.3 Å². The van der Waals surface area contributed by atoms with Gasteiger partial charge in [-0.25, -0.2) is 4.98 Å². The maximum Gasteiger partial charge on any atom is 0.311 e. The summed E-state index contributed by atoms with van der Waals surface area (Å²) in [5, 5.41) is 3.03. The van der Waals surface area contributed by atoms with Gasteiger partial charge in [-0.2, -0.15) is 0 Å². The van der Waals surface area contributed by atoms with E-state index in [0.29, 0.717) is 12.6 Å². The van der Waals surface area contributed by atoms with Gasteiger partial charge in [0.2, 0.25) is 0 Å². The fourth-order valence-corrected chi connectivity index (χ4v) is 3.91. The molecule has 2 aliphatic rings. The topological polar surface area (TPSA) is 45.7 Å². The molecule has 1 atom stereocenters. The van der Waals surface area contributed by atoms with E-state index in [1.54, 1.807) is 11.3 Å². The summed E-state index contributed by atoms with van der Waals surface area (Å²) in [6.07, 6.45) is 2.91. The van der Waals surface area contributed by atoms with Gasteiger partial charge in [-0.1, -0.05) is 0 Å². The van der Waals surface area contributed by atoms with Crippen LogP contribution in [0.2, 0.25) is 0 Å². The van der Waals surface area contributed by atoms with Gasteiger partial charge in [0.15, 0.2) is 5.13 Å². The number of anilines is 1. The molecule has 0 aliphatic carbocycles. The number of piperazine rings is 1. The molecule has 110 valence electrons. The van der Waals surface area contributed by atoms with Gasteiger partial charge >= 0.3 is 5.97 Å². The van der Waals surface area contributed by atoms with Crippen LogP contribution in [-0.2, 0) is 16.0 Å². The average molecular weight is 295 g/mol. The highest BCUT2D eigenvalue weighted by Crippen LogP contribution is 2.27. The molecule has 0 radical (unpaired) electrons. The predicted octanol–water partition coefficient (Wildman–Crippen LogP) is 1.53. The number of rotatable bonds is 4. The van der Waals surface area contributed by atoms with Crippen molar-refractivity contribution in [3.8, 4) is 0 Å². The molecule has 2 fully saturated rings. The van der Waals surface area contributed by atoms with Gasteiger partial charge in [0.1, 0.15) is 0 Å². The lowest BCUT2D eigenvalue weighted by Crippen LogP contribution is -2.50. The molecule has 1 unspecified atom stereocenters. The molecule has 5 nitrogen and oxygen atoms in total. The van der Waals surface area contributed by atoms with E-state index in [-0.39, 0.29) is 12.4 Å². The van der Waals surface area contributed by atoms with Crippen LogP contribution in [0.4, 0.5) is 5.13 Å². The second-order valence-corrected chi connectivity index (χ2v) is 6.22. The highest BCUT2D eigenvalue weighted by molar-refractivity contribution is 7.13. The number of esters is 1. The normalized spacial score (nSPS) is 22.9. The summed E-state index contributed by atoms with van der Waals surface area (Å²) in [4.78, 5) is 21.0. The van der Waals surface area contributed by atoms with Crippen molar-refractivity contribution in [3.05, 3.63) is 11.1 Å². The Hall–Kier alpha value is -1.14. The summed E-state index contributed by atoms with van der Waals surface area (Å²) in [7, 11) is 0. The zero-order chi connectivity index (χ0) is 13.9. The molecule has 0 spiro atoms. The first-order valence-electron chi connectivity index (χ1n) is 7.35. The van der Waals surface area contributed by atoms with Gasteiger partial charge in [0.25, 0.3) is 0 Å². The van der Waals surface area contributed by atoms with Crippen LogP contribution in [0.1, 0.15) is 25.5 Å². The van der Waals surface area contributed by atoms with Crippen LogP contribution in [0, 0.1) is 0 Å². The van der Waals surface area contributed by atoms with Crippen LogP contribution in [0.5, 0.6) is 0 Å². The minimum Gasteiger partial charge on any atom is -0.466 e. The summed E-state index contributed by atoms with van der Waals surface area (Å²) >= 11 is 1.64. The molecular weight excluding hydrogens is 274 g/mol. The van der Waals surface area contributed by atoms with Crippen molar-refractivity contribution >= 4 is 22.4 Å². The number of carbonyl (C=O) groups excluding carboxylic acids is 1. The van der Waals surface area contributed by atoms with E-state index in [1.807, 2.05) is 12.3 Å². The fraction of sp³-hybridized carbons (Fsp3) is 0.714. The molecule has 3 heterocycles. The van der Waals surface area contributed by atoms with Gasteiger partial charge in [-0.3, -0.25) is 9.69 Å². The van der Waals surface area contributed by atoms with Crippen molar-refractivity contribution in [2.75, 3.05) is 37.7 Å². The summed E-state index contributed by atoms with van der Waals surface area (Å²) < 4.78 is 4.96. The van der Waals surface area contributed by atoms with Crippen molar-refractivity contribution < 1.29 is 9.53 Å². The Bertz CT molecular complexity index is 477. The second kappa shape index (κ2) is 6.10. The molecular formula is C14H21N3O2S. The van der Waals surface area contributed by atoms with Crippen molar-refractivity contribution in [2.45, 2.75) is 32.2 Å². The van der Waals surface area contributed by atoms with Crippen molar-refractivity contribution in [1.82, 2.24) is 9.88 Å². The third-order valence-corrected chi connectivity index (χ3v) is 4.98. The van der Waals surface area contributed by atoms with E-state index in [4.69, 9.17) is 4.74 Å². The van der Waals surface area contributed by atoms with Crippen LogP contribution in [-0.4, -0.2) is 54.7 Å². The monoisotopic (exact) mass is 295 g/mol. The minimum absolute atomic E-state index is 0.190. The Labute approximate surface area is 123 Å². The van der Waals surface area contributed by atoms with Crippen LogP contribution in [0.15, 0.2) is 5.38 Å². The summed E-state index contributed by atoms with van der Waals surface area (Å²) in [6.45, 7) is 6.77. The molecule has 1 aromatic heterocycles. The second-order valence-electron chi connectivity index (χ2n) is 5.38. The molecule has 2 saturated heterocycles. The molecule has 0 N–H and O–H groups in total. The molecule has 0 bridgehead atoms. The van der Waals surface area contributed by atoms with Gasteiger partial charge in [-0.15, -0.1) is 11.3 Å². The number of carbonyl (C=O) groups is 1. The minimum atomic E-state index is -0.190. The maximum atomic E-state index is 11.5. The van der Waals surface area contributed by atoms with E-state index in [1.165, 1.54) is 19.4 Å². The third kappa shape index (κ3) is 2.96. The molecule has 20 heavy (non-hydrogen) atoms. The van der Waals surface area contributed by atoms with Gasteiger partial charge in [0.05, 0.1) is 18.7 Å². The Balaban J connectivity index is 1.60. The van der Waals surface area contributed by atoms with Gasteiger partial charge < -0.3 is 9.64 Å². The first-order chi connectivity index (χ1) is 9.76. The van der Waals surface area contributed by atoms with Gasteiger partial charge in [0, 0.05) is 31.1 Å². The first-order valence-corrected chi connectivity index (χ1v) is 8.23. The zero-order valence-electron chi connectivity index (χ0n) is 11.9. The lowest BCUT2D eigenvalue weighted by Gasteiger charge is -2.37. The summed E-state index contributed by atoms with van der Waals surface area (Å²) in [5.41, 5.74) is 0.831. The zero-order valence-corrected chi connectivity index (χ0v) is 12.7. The number of aromatic nitrogens is 1. The van der Waals surface area contributed by atoms with Crippen LogP contribution < -0.4 is 4.90 Å². The number of fused-ring (bicyclic) bond motifs is 1. The van der Waals surface area contributed by atoms with Crippen molar-refractivity contribution in [3.63, 3.8) is 0 Å². The predicted molar refractivity (Wildman–Crippen MR) is 79.3 cm³/mol. The Morgan fingerprint density at radius 3 is 3.25 bits per heavy atom. The summed E-state index contributed by atoms with van der Waals surface area (Å²) in [5.74, 6) is -0.190. The SMILES string of the molecule is CCOC(=O)Cc1csc(N2CCN3CCCC3C2)n1. The number of nitrogens with zero attached hydrogens (tertiary/aromatic N) is 3. The van der Waals surface area contributed by atoms with E-state index in [0.717, 1.165) is 30.5 Å². The van der Waals surface area contributed by atoms with Gasteiger partial charge in [-0.05, 0) is 26.3 Å². The third-order valence-electron chi connectivity index (χ3n) is 4.03. The average Bonchev–Trinajstić information content (AvgIpc) is 3.06. The van der Waals surface area contributed by atoms with E-state index in [9.17, 15) is 4.79 Å². The lowest BCUT2D eigenvalue weighted by atomic mass is 10.2. The lowest BCUT2D eigenvalue weighted by molar-refractivity contribution is -0.142. The maximum absolute atomic E-state index is 11.5. The number of ether oxygens (including phenoxy) is 1. The Morgan fingerprint density at radius 1 is 1.50 bits per heavy atom. The first kappa shape index (κ1) is 13.8. The van der Waals surface area contributed by atoms with Crippen molar-refractivity contribution in [1.29, 1.82) is 0 Å². The molecule has 1 aromatic rings. The number of hydrogen-bond donors (Lipinski definition) is 0. The summed E-state index contributed by atoms with van der Waals surface area (Å²) in [6, 6.07) is 0.696. The van der Waals surface area contributed by atoms with E-state index < -0.39 is 0 Å². The molecule has 2 aliphatic heterocycles. The Kier molecular flexibility index (Phi) is 4.21. The van der Waals surface area contributed by atoms with Crippen LogP contribution in [0.25, 0.3) is 0 Å². The molecule has 0 aromatic carbocycles. The number of hydrogen-bond acceptors (Lipinski definition) is 6. The molecule has 3 rings (SSSR count). The Morgan fingerprint density at radius 2 is 2.40 bits per heavy atom. The highest BCUT2D eigenvalue weighted by atomic mass is 32.1. The standard InChI is InChI=1S/C14H21N3O2S/c1-2-19-13(18)8-11-10-20-14(15-11)17-7-6-16-5-3-4-12(16)9-17/h10,12H,2-9H2,1H3. The van der Waals surface area contributed by atoms with Crippen LogP contribution in [0.3, 0.4) is 0 Å². The van der Waals surface area contributed by atoms with E-state index >= 15 is 0 Å². The highest BCUT2D eigenvalue weighted by Gasteiger charge is 2.31. The van der Waals surface area contributed by atoms with E-state index in [2.05, 4.69) is 14.8 Å². The molecule has 0 amide bonds. The largest absolute Gasteiger partial charge is 0.466 e. The quantitative estimate of drug-likeness (QED) is 0.788. The number of thiazole rings is 1.